The molecule has 0 radical (unpaired) electrons. The predicted molar refractivity (Wildman–Crippen MR) is 53.2 cm³/mol. The van der Waals surface area contributed by atoms with E-state index in [2.05, 4.69) is 0 Å². The summed E-state index contributed by atoms with van der Waals surface area (Å²) in [5.41, 5.74) is 5.76. The molecule has 0 aliphatic carbocycles. The number of hydrogen-bond acceptors (Lipinski definition) is 2. The van der Waals surface area contributed by atoms with Gasteiger partial charge in [-0.2, -0.15) is 13.2 Å². The van der Waals surface area contributed by atoms with Gasteiger partial charge in [-0.1, -0.05) is 6.07 Å². The first-order valence-electron chi connectivity index (χ1n) is 5.00. The summed E-state index contributed by atoms with van der Waals surface area (Å²) in [7, 11) is 0. The molecule has 1 aromatic carbocycles. The van der Waals surface area contributed by atoms with Crippen LogP contribution >= 0.6 is 0 Å². The van der Waals surface area contributed by atoms with Crippen LogP contribution in [0.5, 0.6) is 5.75 Å². The van der Waals surface area contributed by atoms with Gasteiger partial charge in [0.05, 0.1) is 5.56 Å². The van der Waals surface area contributed by atoms with Crippen molar-refractivity contribution in [3.63, 3.8) is 0 Å². The van der Waals surface area contributed by atoms with Crippen LogP contribution in [-0.2, 0) is 12.6 Å². The van der Waals surface area contributed by atoms with Crippen molar-refractivity contribution in [1.29, 1.82) is 0 Å². The predicted octanol–water partition coefficient (Wildman–Crippen LogP) is 2.36. The van der Waals surface area contributed by atoms with Crippen molar-refractivity contribution < 1.29 is 17.9 Å². The van der Waals surface area contributed by atoms with E-state index in [1.807, 2.05) is 0 Å². The van der Waals surface area contributed by atoms with Gasteiger partial charge in [-0.25, -0.2) is 0 Å². The van der Waals surface area contributed by atoms with Gasteiger partial charge in [-0.15, -0.1) is 0 Å². The Morgan fingerprint density at radius 2 is 2.12 bits per heavy atom. The van der Waals surface area contributed by atoms with Crippen LogP contribution in [0.1, 0.15) is 18.1 Å². The van der Waals surface area contributed by atoms with Gasteiger partial charge in [0, 0.05) is 12.5 Å². The zero-order valence-electron chi connectivity index (χ0n) is 8.71. The molecule has 0 bridgehead atoms. The fraction of sp³-hybridized carbons (Fsp3) is 0.455. The summed E-state index contributed by atoms with van der Waals surface area (Å²) < 4.78 is 42.7. The number of hydrogen-bond donors (Lipinski definition) is 1. The molecule has 0 spiro atoms. The maximum absolute atomic E-state index is 12.4. The van der Waals surface area contributed by atoms with Crippen LogP contribution < -0.4 is 10.5 Å². The van der Waals surface area contributed by atoms with Crippen molar-refractivity contribution in [3.05, 3.63) is 29.3 Å². The molecule has 2 N–H and O–H groups in total. The minimum absolute atomic E-state index is 0.193. The summed E-state index contributed by atoms with van der Waals surface area (Å²) in [6, 6.07) is 3.38. The number of halogens is 3. The lowest BCUT2D eigenvalue weighted by atomic mass is 10.0. The number of alkyl halides is 3. The Morgan fingerprint density at radius 3 is 2.69 bits per heavy atom. The lowest BCUT2D eigenvalue weighted by Gasteiger charge is -2.14. The van der Waals surface area contributed by atoms with E-state index in [1.165, 1.54) is 6.07 Å². The van der Waals surface area contributed by atoms with Crippen molar-refractivity contribution in [2.45, 2.75) is 31.7 Å². The highest BCUT2D eigenvalue weighted by atomic mass is 19.4. The van der Waals surface area contributed by atoms with Gasteiger partial charge in [0.2, 0.25) is 0 Å². The van der Waals surface area contributed by atoms with Crippen LogP contribution in [0, 0.1) is 0 Å². The molecular weight excluding hydrogens is 219 g/mol. The van der Waals surface area contributed by atoms with Gasteiger partial charge >= 0.3 is 6.18 Å². The van der Waals surface area contributed by atoms with Crippen molar-refractivity contribution in [3.8, 4) is 5.75 Å². The quantitative estimate of drug-likeness (QED) is 0.805. The third kappa shape index (κ3) is 2.00. The van der Waals surface area contributed by atoms with E-state index >= 15 is 0 Å². The molecule has 2 nitrogen and oxygen atoms in total. The molecule has 2 rings (SSSR count). The average molecular weight is 231 g/mol. The zero-order chi connectivity index (χ0) is 11.9. The van der Waals surface area contributed by atoms with Crippen molar-refractivity contribution in [1.82, 2.24) is 0 Å². The van der Waals surface area contributed by atoms with Crippen LogP contribution in [-0.4, -0.2) is 12.1 Å². The van der Waals surface area contributed by atoms with Gasteiger partial charge in [0.1, 0.15) is 11.9 Å². The third-order valence-corrected chi connectivity index (χ3v) is 2.68. The molecule has 1 heterocycles. The average Bonchev–Trinajstić information content (AvgIpc) is 2.58. The Kier molecular flexibility index (Phi) is 2.58. The Balaban J connectivity index is 2.28. The number of nitrogens with two attached hydrogens (primary N) is 1. The van der Waals surface area contributed by atoms with Gasteiger partial charge < -0.3 is 10.5 Å². The highest BCUT2D eigenvalue weighted by Gasteiger charge is 2.33. The molecule has 0 aromatic heterocycles. The SMILES string of the molecule is CC(N)C1Cc2ccc(C(F)(F)F)cc2O1. The minimum Gasteiger partial charge on any atom is -0.488 e. The van der Waals surface area contributed by atoms with E-state index in [9.17, 15) is 13.2 Å². The second-order valence-electron chi connectivity index (χ2n) is 4.04. The van der Waals surface area contributed by atoms with Gasteiger partial charge in [-0.05, 0) is 24.6 Å². The Bertz CT molecular complexity index is 401. The molecule has 0 saturated heterocycles. The lowest BCUT2D eigenvalue weighted by Crippen LogP contribution is -2.34. The van der Waals surface area contributed by atoms with Crippen LogP contribution in [0.25, 0.3) is 0 Å². The second kappa shape index (κ2) is 3.66. The fourth-order valence-electron chi connectivity index (χ4n) is 1.72. The van der Waals surface area contributed by atoms with E-state index < -0.39 is 11.7 Å². The summed E-state index contributed by atoms with van der Waals surface area (Å²) in [6.07, 6.45) is -3.98. The molecule has 1 aliphatic rings. The number of fused-ring (bicyclic) bond motifs is 1. The smallest absolute Gasteiger partial charge is 0.416 e. The van der Waals surface area contributed by atoms with E-state index in [1.54, 1.807) is 6.92 Å². The topological polar surface area (TPSA) is 35.2 Å². The minimum atomic E-state index is -4.33. The normalized spacial score (nSPS) is 21.4. The molecule has 1 aromatic rings. The third-order valence-electron chi connectivity index (χ3n) is 2.68. The maximum atomic E-state index is 12.4. The van der Waals surface area contributed by atoms with Gasteiger partial charge in [-0.3, -0.25) is 0 Å². The van der Waals surface area contributed by atoms with E-state index in [4.69, 9.17) is 10.5 Å². The summed E-state index contributed by atoms with van der Waals surface area (Å²) in [4.78, 5) is 0. The fourth-order valence-corrected chi connectivity index (χ4v) is 1.72. The molecule has 0 fully saturated rings. The second-order valence-corrected chi connectivity index (χ2v) is 4.04. The van der Waals surface area contributed by atoms with Gasteiger partial charge in [0.15, 0.2) is 0 Å². The van der Waals surface area contributed by atoms with Gasteiger partial charge in [0.25, 0.3) is 0 Å². The molecule has 1 aliphatic heterocycles. The first-order valence-corrected chi connectivity index (χ1v) is 5.00. The van der Waals surface area contributed by atoms with Crippen molar-refractivity contribution >= 4 is 0 Å². The Hall–Kier alpha value is -1.23. The number of benzene rings is 1. The molecule has 2 atom stereocenters. The monoisotopic (exact) mass is 231 g/mol. The summed E-state index contributed by atoms with van der Waals surface area (Å²) in [6.45, 7) is 1.78. The molecule has 2 unspecified atom stereocenters. The Morgan fingerprint density at radius 1 is 1.44 bits per heavy atom. The molecule has 16 heavy (non-hydrogen) atoms. The maximum Gasteiger partial charge on any atom is 0.416 e. The summed E-state index contributed by atoms with van der Waals surface area (Å²) in [5.74, 6) is 0.303. The van der Waals surface area contributed by atoms with Crippen LogP contribution in [0.3, 0.4) is 0 Å². The largest absolute Gasteiger partial charge is 0.488 e. The Labute approximate surface area is 91.2 Å². The highest BCUT2D eigenvalue weighted by molar-refractivity contribution is 5.42. The van der Waals surface area contributed by atoms with E-state index in [0.717, 1.165) is 17.7 Å². The molecule has 0 amide bonds. The molecule has 0 saturated carbocycles. The first kappa shape index (κ1) is 11.3. The van der Waals surface area contributed by atoms with E-state index in [-0.39, 0.29) is 12.1 Å². The molecule has 88 valence electrons. The van der Waals surface area contributed by atoms with Crippen LogP contribution in [0.4, 0.5) is 13.2 Å². The summed E-state index contributed by atoms with van der Waals surface area (Å²) in [5, 5.41) is 0. The van der Waals surface area contributed by atoms with Crippen LogP contribution in [0.15, 0.2) is 18.2 Å². The highest BCUT2D eigenvalue weighted by Crippen LogP contribution is 2.36. The van der Waals surface area contributed by atoms with E-state index in [0.29, 0.717) is 12.2 Å². The molecular formula is C11H12F3NO. The number of ether oxygens (including phenoxy) is 1. The zero-order valence-corrected chi connectivity index (χ0v) is 8.71. The standard InChI is InChI=1S/C11H12F3NO/c1-6(15)9-4-7-2-3-8(11(12,13)14)5-10(7)16-9/h2-3,5-6,9H,4,15H2,1H3. The van der Waals surface area contributed by atoms with Crippen LogP contribution in [0.2, 0.25) is 0 Å². The number of rotatable bonds is 1. The molecule has 5 heteroatoms. The summed E-state index contributed by atoms with van der Waals surface area (Å²) >= 11 is 0. The lowest BCUT2D eigenvalue weighted by molar-refractivity contribution is -0.137. The van der Waals surface area contributed by atoms with Crippen molar-refractivity contribution in [2.24, 2.45) is 5.73 Å². The van der Waals surface area contributed by atoms with Crippen molar-refractivity contribution in [2.75, 3.05) is 0 Å². The first-order chi connectivity index (χ1) is 7.38.